The van der Waals surface area contributed by atoms with Crippen LogP contribution in [0.25, 0.3) is 0 Å². The molecular formula is C16H16F2N2S. The van der Waals surface area contributed by atoms with E-state index < -0.39 is 5.82 Å². The number of halogens is 2. The summed E-state index contributed by atoms with van der Waals surface area (Å²) in [6.45, 7) is 1.18. The summed E-state index contributed by atoms with van der Waals surface area (Å²) in [4.78, 5) is 2.05. The lowest BCUT2D eigenvalue weighted by Gasteiger charge is -2.17. The summed E-state index contributed by atoms with van der Waals surface area (Å²) in [5.74, 6) is -0.669. The maximum atomic E-state index is 13.5. The number of nitrogens with two attached hydrogens (primary N) is 1. The largest absolute Gasteiger partial charge is 0.389 e. The topological polar surface area (TPSA) is 29.3 Å². The van der Waals surface area contributed by atoms with Gasteiger partial charge < -0.3 is 5.73 Å². The fourth-order valence-corrected chi connectivity index (χ4v) is 2.33. The molecule has 0 radical (unpaired) electrons. The van der Waals surface area contributed by atoms with Gasteiger partial charge in [-0.15, -0.1) is 0 Å². The molecule has 2 rings (SSSR count). The van der Waals surface area contributed by atoms with Crippen molar-refractivity contribution in [2.24, 2.45) is 5.73 Å². The van der Waals surface area contributed by atoms with Crippen molar-refractivity contribution in [1.29, 1.82) is 0 Å². The first kappa shape index (κ1) is 15.5. The third-order valence-electron chi connectivity index (χ3n) is 3.09. The van der Waals surface area contributed by atoms with Gasteiger partial charge in [0.1, 0.15) is 16.6 Å². The average molecular weight is 306 g/mol. The predicted octanol–water partition coefficient (Wildman–Crippen LogP) is 3.23. The van der Waals surface area contributed by atoms with Crippen LogP contribution >= 0.6 is 12.2 Å². The van der Waals surface area contributed by atoms with Crippen molar-refractivity contribution in [2.45, 2.75) is 13.1 Å². The molecule has 0 atom stereocenters. The molecule has 2 N–H and O–H groups in total. The van der Waals surface area contributed by atoms with Gasteiger partial charge in [-0.3, -0.25) is 4.90 Å². The van der Waals surface area contributed by atoms with Gasteiger partial charge in [0.2, 0.25) is 0 Å². The lowest BCUT2D eigenvalue weighted by Crippen LogP contribution is -2.18. The quantitative estimate of drug-likeness (QED) is 0.860. The Kier molecular flexibility index (Phi) is 4.98. The molecule has 0 spiro atoms. The highest BCUT2D eigenvalue weighted by atomic mass is 32.1. The molecule has 0 unspecified atom stereocenters. The second-order valence-electron chi connectivity index (χ2n) is 4.98. The summed E-state index contributed by atoms with van der Waals surface area (Å²) in [5.41, 5.74) is 7.53. The van der Waals surface area contributed by atoms with E-state index in [0.717, 1.165) is 11.1 Å². The van der Waals surface area contributed by atoms with Gasteiger partial charge in [-0.25, -0.2) is 8.78 Å². The van der Waals surface area contributed by atoms with Crippen LogP contribution in [0.1, 0.15) is 16.7 Å². The van der Waals surface area contributed by atoms with Crippen LogP contribution in [-0.4, -0.2) is 16.9 Å². The second kappa shape index (κ2) is 6.74. The van der Waals surface area contributed by atoms with Gasteiger partial charge in [-0.1, -0.05) is 30.4 Å². The highest BCUT2D eigenvalue weighted by molar-refractivity contribution is 7.80. The standard InChI is InChI=1S/C16H16F2N2S/c1-20(9-11-3-2-4-13(17)7-11)10-12-5-6-15(18)14(8-12)16(19)21/h2-8H,9-10H2,1H3,(H2,19,21). The SMILES string of the molecule is CN(Cc1cccc(F)c1)Cc1ccc(F)c(C(N)=S)c1. The highest BCUT2D eigenvalue weighted by Gasteiger charge is 2.08. The van der Waals surface area contributed by atoms with Crippen molar-refractivity contribution in [3.63, 3.8) is 0 Å². The van der Waals surface area contributed by atoms with E-state index in [1.54, 1.807) is 18.2 Å². The Morgan fingerprint density at radius 3 is 2.38 bits per heavy atom. The summed E-state index contributed by atoms with van der Waals surface area (Å²) in [5, 5.41) is 0. The van der Waals surface area contributed by atoms with Crippen molar-refractivity contribution in [3.8, 4) is 0 Å². The fraction of sp³-hybridized carbons (Fsp3) is 0.188. The molecule has 0 bridgehead atoms. The molecule has 0 aromatic heterocycles. The van der Waals surface area contributed by atoms with Crippen molar-refractivity contribution in [1.82, 2.24) is 4.90 Å². The Balaban J connectivity index is 2.07. The number of rotatable bonds is 5. The molecule has 0 fully saturated rings. The van der Waals surface area contributed by atoms with Crippen molar-refractivity contribution >= 4 is 17.2 Å². The molecule has 2 nitrogen and oxygen atoms in total. The van der Waals surface area contributed by atoms with Crippen LogP contribution in [0.4, 0.5) is 8.78 Å². The van der Waals surface area contributed by atoms with E-state index >= 15 is 0 Å². The molecule has 2 aromatic carbocycles. The van der Waals surface area contributed by atoms with Crippen LogP contribution < -0.4 is 5.73 Å². The lowest BCUT2D eigenvalue weighted by atomic mass is 10.1. The minimum absolute atomic E-state index is 0.0436. The zero-order valence-electron chi connectivity index (χ0n) is 11.6. The number of benzene rings is 2. The van der Waals surface area contributed by atoms with Gasteiger partial charge in [0.25, 0.3) is 0 Å². The molecule has 21 heavy (non-hydrogen) atoms. The van der Waals surface area contributed by atoms with E-state index in [1.165, 1.54) is 18.2 Å². The van der Waals surface area contributed by atoms with Gasteiger partial charge in [-0.05, 0) is 42.4 Å². The van der Waals surface area contributed by atoms with Crippen LogP contribution in [0.15, 0.2) is 42.5 Å². The molecule has 0 saturated carbocycles. The maximum absolute atomic E-state index is 13.5. The second-order valence-corrected chi connectivity index (χ2v) is 5.42. The van der Waals surface area contributed by atoms with Gasteiger partial charge in [-0.2, -0.15) is 0 Å². The van der Waals surface area contributed by atoms with Crippen molar-refractivity contribution in [3.05, 3.63) is 70.8 Å². The van der Waals surface area contributed by atoms with Crippen LogP contribution in [0.2, 0.25) is 0 Å². The lowest BCUT2D eigenvalue weighted by molar-refractivity contribution is 0.318. The summed E-state index contributed by atoms with van der Waals surface area (Å²) < 4.78 is 26.7. The Morgan fingerprint density at radius 2 is 1.76 bits per heavy atom. The van der Waals surface area contributed by atoms with Gasteiger partial charge in [0.05, 0.1) is 0 Å². The smallest absolute Gasteiger partial charge is 0.133 e. The van der Waals surface area contributed by atoms with E-state index in [2.05, 4.69) is 0 Å². The van der Waals surface area contributed by atoms with E-state index in [9.17, 15) is 8.78 Å². The fourth-order valence-electron chi connectivity index (χ4n) is 2.17. The van der Waals surface area contributed by atoms with E-state index in [1.807, 2.05) is 18.0 Å². The van der Waals surface area contributed by atoms with Gasteiger partial charge in [0.15, 0.2) is 0 Å². The molecular weight excluding hydrogens is 290 g/mol. The summed E-state index contributed by atoms with van der Waals surface area (Å²) in [6.07, 6.45) is 0. The third-order valence-corrected chi connectivity index (χ3v) is 3.31. The number of nitrogens with zero attached hydrogens (tertiary/aromatic N) is 1. The Labute approximate surface area is 128 Å². The minimum Gasteiger partial charge on any atom is -0.389 e. The van der Waals surface area contributed by atoms with Crippen molar-refractivity contribution < 1.29 is 8.78 Å². The zero-order chi connectivity index (χ0) is 15.4. The van der Waals surface area contributed by atoms with Crippen LogP contribution in [0.3, 0.4) is 0 Å². The molecule has 0 aliphatic carbocycles. The monoisotopic (exact) mass is 306 g/mol. The molecule has 0 saturated heterocycles. The molecule has 0 heterocycles. The minimum atomic E-state index is -0.418. The van der Waals surface area contributed by atoms with Crippen LogP contribution in [-0.2, 0) is 13.1 Å². The molecule has 110 valence electrons. The normalized spacial score (nSPS) is 10.9. The van der Waals surface area contributed by atoms with Crippen LogP contribution in [0, 0.1) is 11.6 Å². The van der Waals surface area contributed by atoms with E-state index in [-0.39, 0.29) is 16.4 Å². The zero-order valence-corrected chi connectivity index (χ0v) is 12.5. The van der Waals surface area contributed by atoms with E-state index in [0.29, 0.717) is 13.1 Å². The number of hydrogen-bond donors (Lipinski definition) is 1. The van der Waals surface area contributed by atoms with Gasteiger partial charge >= 0.3 is 0 Å². The molecule has 5 heteroatoms. The molecule has 2 aromatic rings. The Bertz CT molecular complexity index is 658. The Hall–Kier alpha value is -1.85. The molecule has 0 aliphatic heterocycles. The van der Waals surface area contributed by atoms with Crippen LogP contribution in [0.5, 0.6) is 0 Å². The predicted molar refractivity (Wildman–Crippen MR) is 83.9 cm³/mol. The van der Waals surface area contributed by atoms with Gasteiger partial charge in [0, 0.05) is 18.7 Å². The first-order valence-corrected chi connectivity index (χ1v) is 6.88. The first-order valence-electron chi connectivity index (χ1n) is 6.47. The highest BCUT2D eigenvalue weighted by Crippen LogP contribution is 2.14. The summed E-state index contributed by atoms with van der Waals surface area (Å²) >= 11 is 4.82. The van der Waals surface area contributed by atoms with Crippen molar-refractivity contribution in [2.75, 3.05) is 7.05 Å². The average Bonchev–Trinajstić information content (AvgIpc) is 2.40. The number of hydrogen-bond acceptors (Lipinski definition) is 2. The number of thiocarbonyl (C=S) groups is 1. The summed E-state index contributed by atoms with van der Waals surface area (Å²) in [7, 11) is 1.91. The Morgan fingerprint density at radius 1 is 1.10 bits per heavy atom. The molecule has 0 aliphatic rings. The summed E-state index contributed by atoms with van der Waals surface area (Å²) in [6, 6.07) is 11.2. The van der Waals surface area contributed by atoms with E-state index in [4.69, 9.17) is 18.0 Å². The first-order chi connectivity index (χ1) is 9.95. The molecule has 0 amide bonds. The third kappa shape index (κ3) is 4.31. The maximum Gasteiger partial charge on any atom is 0.133 e.